The van der Waals surface area contributed by atoms with E-state index in [0.717, 1.165) is 5.56 Å². The third kappa shape index (κ3) is 4.45. The Bertz CT molecular complexity index is 924. The summed E-state index contributed by atoms with van der Waals surface area (Å²) in [6.07, 6.45) is 2.96. The lowest BCUT2D eigenvalue weighted by Gasteiger charge is -2.02. The summed E-state index contributed by atoms with van der Waals surface area (Å²) in [5, 5.41) is 9.29. The van der Waals surface area contributed by atoms with Gasteiger partial charge in [0.1, 0.15) is 11.5 Å². The Morgan fingerprint density at radius 1 is 0.769 bits per heavy atom. The molecule has 0 spiro atoms. The molecule has 1 N–H and O–H groups in total. The van der Waals surface area contributed by atoms with E-state index in [-0.39, 0.29) is 11.5 Å². The van der Waals surface area contributed by atoms with Crippen LogP contribution in [0.25, 0.3) is 6.08 Å². The van der Waals surface area contributed by atoms with E-state index < -0.39 is 5.97 Å². The number of phenolic OH excluding ortho intramolecular Hbond substituents is 1. The van der Waals surface area contributed by atoms with E-state index in [1.54, 1.807) is 66.7 Å². The van der Waals surface area contributed by atoms with Gasteiger partial charge in [0.2, 0.25) is 0 Å². The van der Waals surface area contributed by atoms with Gasteiger partial charge in [0.25, 0.3) is 0 Å². The zero-order chi connectivity index (χ0) is 18.4. The molecule has 0 heterocycles. The topological polar surface area (TPSA) is 63.6 Å². The van der Waals surface area contributed by atoms with E-state index >= 15 is 0 Å². The fourth-order valence-electron chi connectivity index (χ4n) is 2.33. The molecular weight excluding hydrogens is 328 g/mol. The third-order valence-electron chi connectivity index (χ3n) is 3.68. The van der Waals surface area contributed by atoms with Crippen LogP contribution in [0.2, 0.25) is 0 Å². The number of carbonyl (C=O) groups excluding carboxylic acids is 2. The molecule has 128 valence electrons. The van der Waals surface area contributed by atoms with Crippen molar-refractivity contribution >= 4 is 17.8 Å². The van der Waals surface area contributed by atoms with Crippen LogP contribution >= 0.6 is 0 Å². The minimum Gasteiger partial charge on any atom is -0.508 e. The smallest absolute Gasteiger partial charge is 0.336 e. The van der Waals surface area contributed by atoms with Gasteiger partial charge in [-0.25, -0.2) is 4.79 Å². The monoisotopic (exact) mass is 344 g/mol. The zero-order valence-corrected chi connectivity index (χ0v) is 13.8. The fraction of sp³-hybridized carbons (Fsp3) is 0. The molecule has 0 radical (unpaired) electrons. The Kier molecular flexibility index (Phi) is 5.25. The molecule has 0 fully saturated rings. The van der Waals surface area contributed by atoms with Crippen LogP contribution in [0.15, 0.2) is 84.9 Å². The first-order chi connectivity index (χ1) is 12.6. The molecule has 0 aromatic heterocycles. The molecule has 0 bridgehead atoms. The number of para-hydroxylation sites is 1. The van der Waals surface area contributed by atoms with Gasteiger partial charge in [0.15, 0.2) is 5.78 Å². The number of aromatic hydroxyl groups is 1. The van der Waals surface area contributed by atoms with Crippen molar-refractivity contribution in [3.8, 4) is 11.5 Å². The maximum atomic E-state index is 12.4. The molecular formula is C22H16O4. The van der Waals surface area contributed by atoms with Gasteiger partial charge in [-0.3, -0.25) is 4.79 Å². The normalized spacial score (nSPS) is 10.6. The van der Waals surface area contributed by atoms with Gasteiger partial charge < -0.3 is 9.84 Å². The highest BCUT2D eigenvalue weighted by Gasteiger charge is 2.08. The number of ketones is 1. The fourth-order valence-corrected chi connectivity index (χ4v) is 2.33. The second-order valence-corrected chi connectivity index (χ2v) is 5.57. The number of rotatable bonds is 5. The van der Waals surface area contributed by atoms with Crippen LogP contribution in [0.5, 0.6) is 11.5 Å². The van der Waals surface area contributed by atoms with Gasteiger partial charge in [-0.1, -0.05) is 42.5 Å². The lowest BCUT2D eigenvalue weighted by atomic mass is 10.0. The minimum absolute atomic E-state index is 0.115. The van der Waals surface area contributed by atoms with Gasteiger partial charge in [-0.15, -0.1) is 0 Å². The summed E-state index contributed by atoms with van der Waals surface area (Å²) in [5.74, 6) is -0.00844. The second kappa shape index (κ2) is 7.94. The lowest BCUT2D eigenvalue weighted by molar-refractivity contribution is -0.128. The summed E-state index contributed by atoms with van der Waals surface area (Å²) in [7, 11) is 0. The van der Waals surface area contributed by atoms with Crippen molar-refractivity contribution in [3.63, 3.8) is 0 Å². The Morgan fingerprint density at radius 2 is 1.35 bits per heavy atom. The lowest BCUT2D eigenvalue weighted by Crippen LogP contribution is -2.03. The van der Waals surface area contributed by atoms with Crippen molar-refractivity contribution in [2.75, 3.05) is 0 Å². The molecule has 4 nitrogen and oxygen atoms in total. The standard InChI is InChI=1S/C22H16O4/c23-19-13-11-18(12-14-19)22(25)17-9-6-16(7-10-17)8-15-21(24)26-20-4-2-1-3-5-20/h1-15,23H/b15-8+. The van der Waals surface area contributed by atoms with Crippen LogP contribution in [-0.4, -0.2) is 16.9 Å². The van der Waals surface area contributed by atoms with Gasteiger partial charge in [-0.2, -0.15) is 0 Å². The maximum absolute atomic E-state index is 12.4. The van der Waals surface area contributed by atoms with Crippen LogP contribution in [-0.2, 0) is 4.79 Å². The number of ether oxygens (including phenoxy) is 1. The van der Waals surface area contributed by atoms with Crippen molar-refractivity contribution < 1.29 is 19.4 Å². The number of hydrogen-bond donors (Lipinski definition) is 1. The molecule has 3 aromatic carbocycles. The quantitative estimate of drug-likeness (QED) is 0.325. The molecule has 0 saturated carbocycles. The van der Waals surface area contributed by atoms with Crippen LogP contribution in [0.3, 0.4) is 0 Å². The summed E-state index contributed by atoms with van der Waals surface area (Å²) in [4.78, 5) is 24.2. The van der Waals surface area contributed by atoms with Gasteiger partial charge >= 0.3 is 5.97 Å². The highest BCUT2D eigenvalue weighted by molar-refractivity contribution is 6.09. The predicted molar refractivity (Wildman–Crippen MR) is 99.1 cm³/mol. The molecule has 0 aliphatic rings. The molecule has 0 unspecified atom stereocenters. The molecule has 0 aliphatic heterocycles. The first-order valence-corrected chi connectivity index (χ1v) is 8.00. The van der Waals surface area contributed by atoms with Crippen molar-refractivity contribution in [1.82, 2.24) is 0 Å². The summed E-state index contributed by atoms with van der Waals surface area (Å²) >= 11 is 0. The van der Waals surface area contributed by atoms with Crippen molar-refractivity contribution in [2.45, 2.75) is 0 Å². The molecule has 0 atom stereocenters. The average Bonchev–Trinajstić information content (AvgIpc) is 2.68. The molecule has 26 heavy (non-hydrogen) atoms. The number of carbonyl (C=O) groups is 2. The Morgan fingerprint density at radius 3 is 1.96 bits per heavy atom. The minimum atomic E-state index is -0.472. The van der Waals surface area contributed by atoms with Crippen LogP contribution in [0.4, 0.5) is 0 Å². The van der Waals surface area contributed by atoms with E-state index in [1.807, 2.05) is 6.07 Å². The van der Waals surface area contributed by atoms with Gasteiger partial charge in [-0.05, 0) is 48.0 Å². The van der Waals surface area contributed by atoms with Crippen LogP contribution in [0, 0.1) is 0 Å². The van der Waals surface area contributed by atoms with Crippen LogP contribution in [0.1, 0.15) is 21.5 Å². The van der Waals surface area contributed by atoms with E-state index in [2.05, 4.69) is 0 Å². The van der Waals surface area contributed by atoms with Crippen molar-refractivity contribution in [1.29, 1.82) is 0 Å². The molecule has 3 rings (SSSR count). The summed E-state index contributed by atoms with van der Waals surface area (Å²) in [6.45, 7) is 0. The van der Waals surface area contributed by atoms with Crippen molar-refractivity contribution in [3.05, 3.63) is 102 Å². The number of phenols is 1. The van der Waals surface area contributed by atoms with E-state index in [0.29, 0.717) is 16.9 Å². The SMILES string of the molecule is O=C(/C=C/c1ccc(C(=O)c2ccc(O)cc2)cc1)Oc1ccccc1. The van der Waals surface area contributed by atoms with Gasteiger partial charge in [0.05, 0.1) is 0 Å². The predicted octanol–water partition coefficient (Wildman–Crippen LogP) is 4.24. The first-order valence-electron chi connectivity index (χ1n) is 8.00. The Labute approximate surface area is 151 Å². The number of esters is 1. The molecule has 0 saturated heterocycles. The zero-order valence-electron chi connectivity index (χ0n) is 13.8. The molecule has 4 heteroatoms. The van der Waals surface area contributed by atoms with Crippen LogP contribution < -0.4 is 4.74 Å². The summed E-state index contributed by atoms with van der Waals surface area (Å²) in [6, 6.07) is 21.8. The summed E-state index contributed by atoms with van der Waals surface area (Å²) < 4.78 is 5.17. The Balaban J connectivity index is 1.64. The van der Waals surface area contributed by atoms with E-state index in [9.17, 15) is 14.7 Å². The summed E-state index contributed by atoms with van der Waals surface area (Å²) in [5.41, 5.74) is 1.80. The van der Waals surface area contributed by atoms with Gasteiger partial charge in [0, 0.05) is 17.2 Å². The second-order valence-electron chi connectivity index (χ2n) is 5.57. The third-order valence-corrected chi connectivity index (χ3v) is 3.68. The molecule has 0 aliphatic carbocycles. The average molecular weight is 344 g/mol. The molecule has 3 aromatic rings. The van der Waals surface area contributed by atoms with E-state index in [1.165, 1.54) is 18.2 Å². The Hall–Kier alpha value is -3.66. The largest absolute Gasteiger partial charge is 0.508 e. The number of hydrogen-bond acceptors (Lipinski definition) is 4. The first kappa shape index (κ1) is 17.2. The maximum Gasteiger partial charge on any atom is 0.336 e. The molecule has 0 amide bonds. The van der Waals surface area contributed by atoms with Crippen molar-refractivity contribution in [2.24, 2.45) is 0 Å². The highest BCUT2D eigenvalue weighted by atomic mass is 16.5. The highest BCUT2D eigenvalue weighted by Crippen LogP contribution is 2.15. The number of benzene rings is 3. The van der Waals surface area contributed by atoms with E-state index in [4.69, 9.17) is 4.74 Å².